The summed E-state index contributed by atoms with van der Waals surface area (Å²) in [5.41, 5.74) is 1.78. The van der Waals surface area contributed by atoms with Gasteiger partial charge in [0.15, 0.2) is 0 Å². The average molecular weight is 471 g/mol. The molecule has 1 atom stereocenters. The van der Waals surface area contributed by atoms with Crippen LogP contribution in [0.5, 0.6) is 5.75 Å². The molecule has 4 saturated carbocycles. The van der Waals surface area contributed by atoms with Gasteiger partial charge in [-0.1, -0.05) is 15.9 Å². The maximum atomic E-state index is 5.90. The van der Waals surface area contributed by atoms with E-state index in [9.17, 15) is 0 Å². The third-order valence-electron chi connectivity index (χ3n) is 6.98. The molecule has 0 aromatic heterocycles. The normalized spacial score (nSPS) is 34.3. The molecule has 0 radical (unpaired) electrons. The molecule has 0 heterocycles. The number of halogens is 2. The zero-order chi connectivity index (χ0) is 17.6. The highest BCUT2D eigenvalue weighted by atomic mass is 79.9. The summed E-state index contributed by atoms with van der Waals surface area (Å²) < 4.78 is 8.03. The van der Waals surface area contributed by atoms with Crippen molar-refractivity contribution in [2.75, 3.05) is 6.61 Å². The Morgan fingerprint density at radius 3 is 2.28 bits per heavy atom. The summed E-state index contributed by atoms with van der Waals surface area (Å²) in [4.78, 5) is 0. The first-order chi connectivity index (χ1) is 12.0. The Morgan fingerprint density at radius 2 is 1.72 bits per heavy atom. The highest BCUT2D eigenvalue weighted by molar-refractivity contribution is 9.11. The predicted octanol–water partition coefficient (Wildman–Crippen LogP) is 6.30. The fraction of sp³-hybridized carbons (Fsp3) is 0.714. The first-order valence-corrected chi connectivity index (χ1v) is 11.4. The number of hydrogen-bond acceptors (Lipinski definition) is 2. The van der Waals surface area contributed by atoms with Crippen LogP contribution in [-0.4, -0.2) is 12.6 Å². The van der Waals surface area contributed by atoms with E-state index < -0.39 is 0 Å². The van der Waals surface area contributed by atoms with Crippen molar-refractivity contribution in [1.29, 1.82) is 0 Å². The first-order valence-electron chi connectivity index (χ1n) is 9.83. The van der Waals surface area contributed by atoms with E-state index in [1.165, 1.54) is 44.1 Å². The molecule has 4 bridgehead atoms. The molecule has 4 heteroatoms. The van der Waals surface area contributed by atoms with E-state index in [4.69, 9.17) is 4.74 Å². The molecule has 5 rings (SSSR count). The van der Waals surface area contributed by atoms with Crippen LogP contribution < -0.4 is 10.1 Å². The summed E-state index contributed by atoms with van der Waals surface area (Å²) in [6, 6.07) is 4.83. The highest BCUT2D eigenvalue weighted by Crippen LogP contribution is 2.61. The van der Waals surface area contributed by atoms with Crippen molar-refractivity contribution in [2.24, 2.45) is 23.2 Å². The van der Waals surface area contributed by atoms with Crippen molar-refractivity contribution in [3.05, 3.63) is 26.6 Å². The molecular formula is C21H29Br2NO. The summed E-state index contributed by atoms with van der Waals surface area (Å²) in [6.07, 6.45) is 8.89. The minimum atomic E-state index is 0.545. The first kappa shape index (κ1) is 18.3. The second-order valence-corrected chi connectivity index (χ2v) is 10.5. The summed E-state index contributed by atoms with van der Waals surface area (Å²) >= 11 is 7.28. The molecule has 1 aromatic carbocycles. The van der Waals surface area contributed by atoms with Crippen molar-refractivity contribution >= 4 is 31.9 Å². The van der Waals surface area contributed by atoms with E-state index in [1.54, 1.807) is 0 Å². The Morgan fingerprint density at radius 1 is 1.12 bits per heavy atom. The third-order valence-corrected chi connectivity index (χ3v) is 8.02. The van der Waals surface area contributed by atoms with Gasteiger partial charge in [0, 0.05) is 22.6 Å². The standard InChI is InChI=1S/C21H29Br2NO/c1-3-25-20-17(7-18(22)8-19(20)23)12-24-13(2)21-9-14-4-15(10-21)6-16(5-14)11-21/h7-8,13-16,24H,3-6,9-12H2,1-2H3/t13-,14?,15?,16?,21?/m1/s1. The molecule has 25 heavy (non-hydrogen) atoms. The van der Waals surface area contributed by atoms with Gasteiger partial charge in [-0.05, 0) is 104 Å². The predicted molar refractivity (Wildman–Crippen MR) is 110 cm³/mol. The molecule has 138 valence electrons. The fourth-order valence-electron chi connectivity index (χ4n) is 6.24. The smallest absolute Gasteiger partial charge is 0.138 e. The Balaban J connectivity index is 1.48. The number of hydrogen-bond donors (Lipinski definition) is 1. The lowest BCUT2D eigenvalue weighted by molar-refractivity contribution is -0.0706. The van der Waals surface area contributed by atoms with Gasteiger partial charge in [0.2, 0.25) is 0 Å². The topological polar surface area (TPSA) is 21.3 Å². The molecule has 1 N–H and O–H groups in total. The summed E-state index contributed by atoms with van der Waals surface area (Å²) in [5, 5.41) is 3.89. The van der Waals surface area contributed by atoms with Crippen LogP contribution in [0.1, 0.15) is 57.9 Å². The quantitative estimate of drug-likeness (QED) is 0.526. The Kier molecular flexibility index (Phi) is 5.25. The van der Waals surface area contributed by atoms with Crippen LogP contribution in [0, 0.1) is 23.2 Å². The third kappa shape index (κ3) is 3.55. The van der Waals surface area contributed by atoms with Gasteiger partial charge in [-0.3, -0.25) is 0 Å². The molecule has 2 nitrogen and oxygen atoms in total. The molecule has 0 unspecified atom stereocenters. The van der Waals surface area contributed by atoms with Gasteiger partial charge in [0.1, 0.15) is 5.75 Å². The van der Waals surface area contributed by atoms with Gasteiger partial charge >= 0.3 is 0 Å². The van der Waals surface area contributed by atoms with Crippen LogP contribution >= 0.6 is 31.9 Å². The van der Waals surface area contributed by atoms with Gasteiger partial charge < -0.3 is 10.1 Å². The van der Waals surface area contributed by atoms with E-state index in [1.807, 2.05) is 6.92 Å². The molecular weight excluding hydrogens is 442 g/mol. The fourth-order valence-corrected chi connectivity index (χ4v) is 7.67. The minimum Gasteiger partial charge on any atom is -0.492 e. The summed E-state index contributed by atoms with van der Waals surface area (Å²) in [6.45, 7) is 6.04. The van der Waals surface area contributed by atoms with Gasteiger partial charge in [-0.2, -0.15) is 0 Å². The minimum absolute atomic E-state index is 0.545. The second kappa shape index (κ2) is 7.16. The number of benzene rings is 1. The average Bonchev–Trinajstić information content (AvgIpc) is 2.54. The van der Waals surface area contributed by atoms with E-state index in [0.29, 0.717) is 18.1 Å². The lowest BCUT2D eigenvalue weighted by Crippen LogP contribution is -2.54. The summed E-state index contributed by atoms with van der Waals surface area (Å²) in [7, 11) is 0. The maximum absolute atomic E-state index is 5.90. The van der Waals surface area contributed by atoms with E-state index in [-0.39, 0.29) is 0 Å². The van der Waals surface area contributed by atoms with Crippen molar-refractivity contribution in [3.8, 4) is 5.75 Å². The Hall–Kier alpha value is -0.0600. The van der Waals surface area contributed by atoms with Gasteiger partial charge in [0.05, 0.1) is 11.1 Å². The van der Waals surface area contributed by atoms with Crippen LogP contribution in [0.15, 0.2) is 21.1 Å². The van der Waals surface area contributed by atoms with Crippen LogP contribution in [0.4, 0.5) is 0 Å². The Labute approximate surface area is 168 Å². The summed E-state index contributed by atoms with van der Waals surface area (Å²) in [5.74, 6) is 4.01. The lowest BCUT2D eigenvalue weighted by atomic mass is 9.48. The van der Waals surface area contributed by atoms with Crippen LogP contribution in [0.2, 0.25) is 0 Å². The highest BCUT2D eigenvalue weighted by Gasteiger charge is 2.52. The van der Waals surface area contributed by atoms with Crippen molar-refractivity contribution in [1.82, 2.24) is 5.32 Å². The zero-order valence-corrected chi connectivity index (χ0v) is 18.5. The Bertz CT molecular complexity index is 610. The monoisotopic (exact) mass is 469 g/mol. The number of rotatable bonds is 6. The van der Waals surface area contributed by atoms with Gasteiger partial charge in [-0.15, -0.1) is 0 Å². The number of nitrogens with one attached hydrogen (secondary N) is 1. The lowest BCUT2D eigenvalue weighted by Gasteiger charge is -2.59. The second-order valence-electron chi connectivity index (χ2n) is 8.69. The van der Waals surface area contributed by atoms with Crippen LogP contribution in [0.3, 0.4) is 0 Å². The largest absolute Gasteiger partial charge is 0.492 e. The molecule has 0 amide bonds. The van der Waals surface area contributed by atoms with Crippen molar-refractivity contribution in [3.63, 3.8) is 0 Å². The molecule has 4 fully saturated rings. The van der Waals surface area contributed by atoms with E-state index in [0.717, 1.165) is 39.0 Å². The SMILES string of the molecule is CCOc1c(Br)cc(Br)cc1CN[C@H](C)C12CC3CC(CC(C3)C1)C2. The van der Waals surface area contributed by atoms with Crippen molar-refractivity contribution < 1.29 is 4.74 Å². The molecule has 1 aromatic rings. The van der Waals surface area contributed by atoms with E-state index >= 15 is 0 Å². The number of ether oxygens (including phenoxy) is 1. The van der Waals surface area contributed by atoms with E-state index in [2.05, 4.69) is 56.2 Å². The maximum Gasteiger partial charge on any atom is 0.138 e. The van der Waals surface area contributed by atoms with Crippen LogP contribution in [0.25, 0.3) is 0 Å². The molecule has 4 aliphatic rings. The van der Waals surface area contributed by atoms with Crippen molar-refractivity contribution in [2.45, 2.75) is 65.0 Å². The zero-order valence-electron chi connectivity index (χ0n) is 15.3. The van der Waals surface area contributed by atoms with Gasteiger partial charge in [-0.25, -0.2) is 0 Å². The molecule has 0 spiro atoms. The molecule has 0 aliphatic heterocycles. The van der Waals surface area contributed by atoms with Crippen LogP contribution in [-0.2, 0) is 6.54 Å². The molecule has 4 aliphatic carbocycles. The molecule has 0 saturated heterocycles. The van der Waals surface area contributed by atoms with Gasteiger partial charge in [0.25, 0.3) is 0 Å².